The van der Waals surface area contributed by atoms with Crippen LogP contribution in [0.5, 0.6) is 0 Å². The summed E-state index contributed by atoms with van der Waals surface area (Å²) in [6, 6.07) is 4.20. The molecule has 1 N–H and O–H groups in total. The molecule has 0 saturated carbocycles. The monoisotopic (exact) mass is 297 g/mol. The molecule has 2 aromatic rings. The van der Waals surface area contributed by atoms with Gasteiger partial charge < -0.3 is 4.42 Å². The van der Waals surface area contributed by atoms with Gasteiger partial charge in [0, 0.05) is 0 Å². The van der Waals surface area contributed by atoms with Gasteiger partial charge in [-0.1, -0.05) is 0 Å². The quantitative estimate of drug-likeness (QED) is 0.930. The van der Waals surface area contributed by atoms with Crippen molar-refractivity contribution in [2.75, 3.05) is 0 Å². The number of rotatable bonds is 4. The molecule has 6 nitrogen and oxygen atoms in total. The van der Waals surface area contributed by atoms with Gasteiger partial charge in [0.2, 0.25) is 5.89 Å². The largest absolute Gasteiger partial charge is 0.444 e. The van der Waals surface area contributed by atoms with Gasteiger partial charge in [-0.3, -0.25) is 0 Å². The second-order valence-corrected chi connectivity index (χ2v) is 6.91. The molecule has 2 rings (SSSR count). The molecule has 0 spiro atoms. The van der Waals surface area contributed by atoms with Gasteiger partial charge in [-0.25, -0.2) is 13.4 Å². The van der Waals surface area contributed by atoms with Gasteiger partial charge in [0.15, 0.2) is 0 Å². The molecule has 0 aliphatic heterocycles. The lowest BCUT2D eigenvalue weighted by molar-refractivity contribution is 0.428. The number of thiophene rings is 1. The molecule has 0 bridgehead atoms. The molecule has 1 unspecified atom stereocenters. The maximum atomic E-state index is 12.1. The lowest BCUT2D eigenvalue weighted by Crippen LogP contribution is -2.26. The number of nitrogens with zero attached hydrogens (tertiary/aromatic N) is 2. The average Bonchev–Trinajstić information content (AvgIpc) is 2.96. The van der Waals surface area contributed by atoms with Crippen molar-refractivity contribution in [1.29, 1.82) is 5.26 Å². The molecule has 8 heteroatoms. The van der Waals surface area contributed by atoms with Crippen molar-refractivity contribution in [1.82, 2.24) is 9.71 Å². The number of oxazole rings is 1. The Labute approximate surface area is 114 Å². The van der Waals surface area contributed by atoms with E-state index in [9.17, 15) is 8.42 Å². The molecule has 0 aliphatic carbocycles. The Morgan fingerprint density at radius 1 is 1.53 bits per heavy atom. The number of nitrogens with one attached hydrogen (secondary N) is 1. The van der Waals surface area contributed by atoms with Crippen LogP contribution in [0.15, 0.2) is 27.0 Å². The van der Waals surface area contributed by atoms with Gasteiger partial charge in [-0.05, 0) is 26.0 Å². The van der Waals surface area contributed by atoms with Crippen LogP contribution in [0, 0.1) is 18.3 Å². The Morgan fingerprint density at radius 2 is 2.26 bits per heavy atom. The van der Waals surface area contributed by atoms with Crippen molar-refractivity contribution >= 4 is 21.4 Å². The maximum absolute atomic E-state index is 12.1. The average molecular weight is 297 g/mol. The van der Waals surface area contributed by atoms with Crippen molar-refractivity contribution in [2.24, 2.45) is 0 Å². The van der Waals surface area contributed by atoms with Crippen molar-refractivity contribution in [2.45, 2.75) is 24.1 Å². The lowest BCUT2D eigenvalue weighted by Gasteiger charge is -2.09. The fraction of sp³-hybridized carbons (Fsp3) is 0.273. The predicted molar refractivity (Wildman–Crippen MR) is 69.0 cm³/mol. The van der Waals surface area contributed by atoms with Crippen molar-refractivity contribution in [3.05, 3.63) is 34.9 Å². The molecule has 100 valence electrons. The summed E-state index contributed by atoms with van der Waals surface area (Å²) in [6.07, 6.45) is 1.53. The molecule has 0 aromatic carbocycles. The first-order valence-corrected chi connectivity index (χ1v) is 7.67. The van der Waals surface area contributed by atoms with E-state index in [1.807, 2.05) is 6.07 Å². The summed E-state index contributed by atoms with van der Waals surface area (Å²) in [5.74, 6) is 0.919. The van der Waals surface area contributed by atoms with E-state index in [-0.39, 0.29) is 4.21 Å². The zero-order valence-corrected chi connectivity index (χ0v) is 11.9. The van der Waals surface area contributed by atoms with E-state index in [1.54, 1.807) is 13.8 Å². The van der Waals surface area contributed by atoms with Crippen LogP contribution < -0.4 is 4.72 Å². The Kier molecular flexibility index (Phi) is 3.71. The number of aryl methyl sites for hydroxylation is 1. The first kappa shape index (κ1) is 13.7. The molecule has 0 aliphatic rings. The highest BCUT2D eigenvalue weighted by atomic mass is 32.2. The van der Waals surface area contributed by atoms with E-state index in [4.69, 9.17) is 9.68 Å². The maximum Gasteiger partial charge on any atom is 0.250 e. The van der Waals surface area contributed by atoms with Crippen LogP contribution in [0.4, 0.5) is 0 Å². The molecule has 0 fully saturated rings. The fourth-order valence-corrected chi connectivity index (χ4v) is 3.75. The number of sulfonamides is 1. The molecule has 0 saturated heterocycles. The summed E-state index contributed by atoms with van der Waals surface area (Å²) in [5.41, 5.74) is 0. The van der Waals surface area contributed by atoms with Gasteiger partial charge in [-0.2, -0.15) is 9.98 Å². The molecule has 0 amide bonds. The van der Waals surface area contributed by atoms with Crippen LogP contribution in [0.1, 0.15) is 29.5 Å². The highest BCUT2D eigenvalue weighted by Gasteiger charge is 2.22. The highest BCUT2D eigenvalue weighted by Crippen LogP contribution is 2.23. The Bertz CT molecular complexity index is 724. The number of hydrogen-bond acceptors (Lipinski definition) is 6. The smallest absolute Gasteiger partial charge is 0.250 e. The molecule has 0 radical (unpaired) electrons. The zero-order chi connectivity index (χ0) is 14.0. The minimum absolute atomic E-state index is 0.0965. The lowest BCUT2D eigenvalue weighted by atomic mass is 10.4. The minimum Gasteiger partial charge on any atom is -0.444 e. The topological polar surface area (TPSA) is 96.0 Å². The second-order valence-electron chi connectivity index (χ2n) is 3.88. The van der Waals surface area contributed by atoms with Crippen molar-refractivity contribution < 1.29 is 12.8 Å². The third-order valence-corrected chi connectivity index (χ3v) is 5.32. The third-order valence-electron chi connectivity index (χ3n) is 2.30. The van der Waals surface area contributed by atoms with Gasteiger partial charge in [0.1, 0.15) is 20.9 Å². The minimum atomic E-state index is -3.67. The SMILES string of the molecule is Cc1cnc(C(C)NS(=O)(=O)c2ccc(C#N)s2)o1. The summed E-state index contributed by atoms with van der Waals surface area (Å²) in [6.45, 7) is 3.37. The standard InChI is InChI=1S/C11H11N3O3S2/c1-7-6-13-11(17-7)8(2)14-19(15,16)10-4-3-9(5-12)18-10/h3-4,6,8,14H,1-2H3. The summed E-state index contributed by atoms with van der Waals surface area (Å²) < 4.78 is 32.0. The summed E-state index contributed by atoms with van der Waals surface area (Å²) in [5, 5.41) is 8.70. The third kappa shape index (κ3) is 3.01. The Morgan fingerprint density at radius 3 is 2.79 bits per heavy atom. The summed E-state index contributed by atoms with van der Waals surface area (Å²) in [4.78, 5) is 4.32. The van der Waals surface area contributed by atoms with Crippen LogP contribution in [0.25, 0.3) is 0 Å². The fourth-order valence-electron chi connectivity index (χ4n) is 1.44. The molecule has 2 heterocycles. The zero-order valence-electron chi connectivity index (χ0n) is 10.2. The molecular weight excluding hydrogens is 286 g/mol. The van der Waals surface area contributed by atoms with Crippen molar-refractivity contribution in [3.8, 4) is 6.07 Å². The Balaban J connectivity index is 2.20. The molecular formula is C11H11N3O3S2. The summed E-state index contributed by atoms with van der Waals surface area (Å²) >= 11 is 0.920. The number of nitriles is 1. The van der Waals surface area contributed by atoms with E-state index in [0.717, 1.165) is 11.3 Å². The number of hydrogen-bond donors (Lipinski definition) is 1. The molecule has 19 heavy (non-hydrogen) atoms. The first-order chi connectivity index (χ1) is 8.92. The second kappa shape index (κ2) is 5.13. The predicted octanol–water partition coefficient (Wildman–Crippen LogP) is 1.96. The normalized spacial score (nSPS) is 13.1. The summed E-state index contributed by atoms with van der Waals surface area (Å²) in [7, 11) is -3.67. The van der Waals surface area contributed by atoms with E-state index in [1.165, 1.54) is 18.3 Å². The number of aromatic nitrogens is 1. The van der Waals surface area contributed by atoms with Gasteiger partial charge in [0.25, 0.3) is 10.0 Å². The first-order valence-electron chi connectivity index (χ1n) is 5.37. The van der Waals surface area contributed by atoms with Crippen LogP contribution in [0.2, 0.25) is 0 Å². The van der Waals surface area contributed by atoms with Crippen molar-refractivity contribution in [3.63, 3.8) is 0 Å². The molecule has 2 aromatic heterocycles. The van der Waals surface area contributed by atoms with E-state index in [0.29, 0.717) is 16.5 Å². The Hall–Kier alpha value is -1.69. The van der Waals surface area contributed by atoms with Crippen LogP contribution >= 0.6 is 11.3 Å². The van der Waals surface area contributed by atoms with Crippen LogP contribution in [0.3, 0.4) is 0 Å². The van der Waals surface area contributed by atoms with E-state index in [2.05, 4.69) is 9.71 Å². The van der Waals surface area contributed by atoms with Crippen LogP contribution in [-0.4, -0.2) is 13.4 Å². The van der Waals surface area contributed by atoms with E-state index < -0.39 is 16.1 Å². The molecule has 1 atom stereocenters. The van der Waals surface area contributed by atoms with Gasteiger partial charge in [-0.15, -0.1) is 11.3 Å². The van der Waals surface area contributed by atoms with Gasteiger partial charge >= 0.3 is 0 Å². The van der Waals surface area contributed by atoms with E-state index >= 15 is 0 Å². The highest BCUT2D eigenvalue weighted by molar-refractivity contribution is 7.91. The van der Waals surface area contributed by atoms with Gasteiger partial charge in [0.05, 0.1) is 12.2 Å². The van der Waals surface area contributed by atoms with Crippen LogP contribution in [-0.2, 0) is 10.0 Å².